The van der Waals surface area contributed by atoms with Crippen LogP contribution in [0, 0.1) is 11.8 Å². The third-order valence-electron chi connectivity index (χ3n) is 6.16. The van der Waals surface area contributed by atoms with Gasteiger partial charge < -0.3 is 10.2 Å². The zero-order valence-corrected chi connectivity index (χ0v) is 19.3. The highest BCUT2D eigenvalue weighted by molar-refractivity contribution is 6.31. The molecule has 4 amide bonds. The van der Waals surface area contributed by atoms with Crippen molar-refractivity contribution in [3.8, 4) is 0 Å². The molecule has 1 aromatic carbocycles. The lowest BCUT2D eigenvalue weighted by Gasteiger charge is -2.29. The molecule has 32 heavy (non-hydrogen) atoms. The van der Waals surface area contributed by atoms with E-state index in [0.29, 0.717) is 24.4 Å². The van der Waals surface area contributed by atoms with Gasteiger partial charge in [-0.05, 0) is 37.8 Å². The second kappa shape index (κ2) is 10.8. The Balaban J connectivity index is 1.71. The third-order valence-corrected chi connectivity index (χ3v) is 6.53. The first kappa shape index (κ1) is 24.0. The van der Waals surface area contributed by atoms with Crippen molar-refractivity contribution >= 4 is 35.2 Å². The number of carbonyl (C=O) groups is 4. The van der Waals surface area contributed by atoms with E-state index in [4.69, 9.17) is 11.6 Å². The lowest BCUT2D eigenvalue weighted by molar-refractivity contribution is -0.143. The minimum Gasteiger partial charge on any atom is -0.354 e. The van der Waals surface area contributed by atoms with Gasteiger partial charge >= 0.3 is 0 Å². The zero-order chi connectivity index (χ0) is 23.3. The predicted molar refractivity (Wildman–Crippen MR) is 121 cm³/mol. The Morgan fingerprint density at radius 2 is 1.78 bits per heavy atom. The Morgan fingerprint density at radius 3 is 2.38 bits per heavy atom. The Labute approximate surface area is 193 Å². The first-order valence-corrected chi connectivity index (χ1v) is 11.5. The van der Waals surface area contributed by atoms with Crippen LogP contribution in [0.2, 0.25) is 5.02 Å². The number of hydrogen-bond acceptors (Lipinski definition) is 4. The summed E-state index contributed by atoms with van der Waals surface area (Å²) in [4.78, 5) is 53.9. The predicted octanol–water partition coefficient (Wildman–Crippen LogP) is 2.92. The average molecular weight is 460 g/mol. The number of imide groups is 1. The Kier molecular flexibility index (Phi) is 8.07. The van der Waals surface area contributed by atoms with Crippen LogP contribution < -0.4 is 5.32 Å². The van der Waals surface area contributed by atoms with Crippen molar-refractivity contribution in [1.82, 2.24) is 15.1 Å². The molecule has 1 fully saturated rings. The van der Waals surface area contributed by atoms with Gasteiger partial charge in [0.1, 0.15) is 6.04 Å². The fraction of sp³-hybridized carbons (Fsp3) is 0.500. The molecule has 1 aliphatic carbocycles. The quantitative estimate of drug-likeness (QED) is 0.454. The fourth-order valence-electron chi connectivity index (χ4n) is 4.23. The summed E-state index contributed by atoms with van der Waals surface area (Å²) < 4.78 is 0. The van der Waals surface area contributed by atoms with Gasteiger partial charge in [-0.25, -0.2) is 0 Å². The van der Waals surface area contributed by atoms with Crippen LogP contribution in [-0.4, -0.2) is 52.6 Å². The summed E-state index contributed by atoms with van der Waals surface area (Å²) >= 11 is 6.29. The third kappa shape index (κ3) is 5.21. The summed E-state index contributed by atoms with van der Waals surface area (Å²) in [5.74, 6) is -1.61. The average Bonchev–Trinajstić information content (AvgIpc) is 3.04. The molecule has 0 aromatic heterocycles. The summed E-state index contributed by atoms with van der Waals surface area (Å²) in [5, 5.41) is 3.33. The highest BCUT2D eigenvalue weighted by Gasteiger charge is 2.47. The summed E-state index contributed by atoms with van der Waals surface area (Å²) in [6, 6.07) is 6.45. The van der Waals surface area contributed by atoms with Gasteiger partial charge in [0.25, 0.3) is 0 Å². The molecule has 0 saturated carbocycles. The van der Waals surface area contributed by atoms with Gasteiger partial charge in [0.2, 0.25) is 23.6 Å². The molecule has 1 N–H and O–H groups in total. The van der Waals surface area contributed by atoms with Crippen molar-refractivity contribution in [3.05, 3.63) is 47.0 Å². The van der Waals surface area contributed by atoms with Gasteiger partial charge in [-0.1, -0.05) is 48.9 Å². The lowest BCUT2D eigenvalue weighted by Crippen LogP contribution is -2.48. The maximum Gasteiger partial charge on any atom is 0.242 e. The number of amides is 4. The highest BCUT2D eigenvalue weighted by Crippen LogP contribution is 2.35. The molecule has 7 nitrogen and oxygen atoms in total. The first-order chi connectivity index (χ1) is 15.3. The summed E-state index contributed by atoms with van der Waals surface area (Å²) in [6.45, 7) is 4.33. The second-order valence-electron chi connectivity index (χ2n) is 8.31. The highest BCUT2D eigenvalue weighted by atomic mass is 35.5. The first-order valence-electron chi connectivity index (χ1n) is 11.2. The van der Waals surface area contributed by atoms with E-state index < -0.39 is 6.04 Å². The molecule has 8 heteroatoms. The van der Waals surface area contributed by atoms with E-state index in [2.05, 4.69) is 5.32 Å². The number of halogens is 1. The van der Waals surface area contributed by atoms with Gasteiger partial charge in [-0.2, -0.15) is 0 Å². The van der Waals surface area contributed by atoms with E-state index in [1.165, 1.54) is 9.80 Å². The van der Waals surface area contributed by atoms with Gasteiger partial charge in [0.05, 0.1) is 11.8 Å². The number of carbonyl (C=O) groups excluding carboxylic acids is 4. The number of hydrogen-bond donors (Lipinski definition) is 1. The van der Waals surface area contributed by atoms with E-state index in [1.54, 1.807) is 19.1 Å². The van der Waals surface area contributed by atoms with Crippen LogP contribution in [-0.2, 0) is 25.7 Å². The van der Waals surface area contributed by atoms with Crippen LogP contribution in [0.1, 0.15) is 45.1 Å². The van der Waals surface area contributed by atoms with Crippen molar-refractivity contribution in [2.45, 2.75) is 52.1 Å². The van der Waals surface area contributed by atoms with Crippen molar-refractivity contribution in [2.75, 3.05) is 13.1 Å². The van der Waals surface area contributed by atoms with Gasteiger partial charge in [0, 0.05) is 31.1 Å². The number of fused-ring (bicyclic) bond motifs is 1. The summed E-state index contributed by atoms with van der Waals surface area (Å²) in [6.07, 6.45) is 5.74. The fourth-order valence-corrected chi connectivity index (χ4v) is 4.42. The van der Waals surface area contributed by atoms with Crippen molar-refractivity contribution in [2.24, 2.45) is 11.8 Å². The Bertz CT molecular complexity index is 890. The molecule has 3 atom stereocenters. The molecule has 1 aromatic rings. The topological polar surface area (TPSA) is 86.8 Å². The standard InChI is InChI=1S/C24H30ClN3O4/c1-3-13-26-22(30)16(2)28(15-17-8-4-7-11-20(17)25)21(29)12-14-27-23(31)18-9-5-6-10-19(18)24(27)32/h4-8,11,16,18-19H,3,9-10,12-15H2,1-2H3,(H,26,30)/t16-,18-,19+/m1/s1. The second-order valence-corrected chi connectivity index (χ2v) is 8.72. The summed E-state index contributed by atoms with van der Waals surface area (Å²) in [7, 11) is 0. The maximum absolute atomic E-state index is 13.2. The number of allylic oxidation sites excluding steroid dienone is 2. The van der Waals surface area contributed by atoms with Crippen LogP contribution >= 0.6 is 11.6 Å². The molecule has 2 aliphatic rings. The number of nitrogens with zero attached hydrogens (tertiary/aromatic N) is 2. The number of benzene rings is 1. The van der Waals surface area contributed by atoms with E-state index in [9.17, 15) is 19.2 Å². The van der Waals surface area contributed by atoms with E-state index >= 15 is 0 Å². The molecule has 1 saturated heterocycles. The van der Waals surface area contributed by atoms with Crippen LogP contribution in [0.3, 0.4) is 0 Å². The van der Waals surface area contributed by atoms with Crippen LogP contribution in [0.5, 0.6) is 0 Å². The summed E-state index contributed by atoms with van der Waals surface area (Å²) in [5.41, 5.74) is 0.725. The molecular weight excluding hydrogens is 430 g/mol. The SMILES string of the molecule is CCCNC(=O)[C@@H](C)N(Cc1ccccc1Cl)C(=O)CCN1C(=O)[C@H]2CC=CC[C@H]2C1=O. The van der Waals surface area contributed by atoms with E-state index in [1.807, 2.05) is 31.2 Å². The molecular formula is C24H30ClN3O4. The largest absolute Gasteiger partial charge is 0.354 e. The van der Waals surface area contributed by atoms with E-state index in [0.717, 1.165) is 12.0 Å². The number of nitrogens with one attached hydrogen (secondary N) is 1. The maximum atomic E-state index is 13.2. The molecule has 1 aliphatic heterocycles. The van der Waals surface area contributed by atoms with E-state index in [-0.39, 0.29) is 55.0 Å². The van der Waals surface area contributed by atoms with Gasteiger partial charge in [0.15, 0.2) is 0 Å². The number of likely N-dealkylation sites (tertiary alicyclic amines) is 1. The monoisotopic (exact) mass is 459 g/mol. The zero-order valence-electron chi connectivity index (χ0n) is 18.6. The normalized spacial score (nSPS) is 20.8. The smallest absolute Gasteiger partial charge is 0.242 e. The van der Waals surface area contributed by atoms with Crippen LogP contribution in [0.15, 0.2) is 36.4 Å². The van der Waals surface area contributed by atoms with Crippen molar-refractivity contribution in [3.63, 3.8) is 0 Å². The lowest BCUT2D eigenvalue weighted by atomic mass is 9.85. The minimum atomic E-state index is -0.720. The molecule has 0 unspecified atom stereocenters. The molecule has 0 radical (unpaired) electrons. The minimum absolute atomic E-state index is 0.0197. The van der Waals surface area contributed by atoms with Gasteiger partial charge in [-0.3, -0.25) is 24.1 Å². The molecule has 0 bridgehead atoms. The molecule has 172 valence electrons. The Morgan fingerprint density at radius 1 is 1.16 bits per heavy atom. The van der Waals surface area contributed by atoms with Crippen LogP contribution in [0.4, 0.5) is 0 Å². The van der Waals surface area contributed by atoms with Crippen LogP contribution in [0.25, 0.3) is 0 Å². The van der Waals surface area contributed by atoms with Crippen molar-refractivity contribution in [1.29, 1.82) is 0 Å². The molecule has 1 heterocycles. The molecule has 0 spiro atoms. The van der Waals surface area contributed by atoms with Gasteiger partial charge in [-0.15, -0.1) is 0 Å². The van der Waals surface area contributed by atoms with Crippen molar-refractivity contribution < 1.29 is 19.2 Å². The Hall–Kier alpha value is -2.67. The number of rotatable bonds is 9. The molecule has 3 rings (SSSR count).